The van der Waals surface area contributed by atoms with Crippen molar-refractivity contribution in [2.24, 2.45) is 5.41 Å². The smallest absolute Gasteiger partial charge is 0.216 e. The zero-order valence-electron chi connectivity index (χ0n) is 13.7. The molecular formula is C15H28N2O4S. The molecule has 0 amide bonds. The molecule has 0 bridgehead atoms. The SMILES string of the molecule is CC1CC2(CCOCC2)CN1S(=O)(=O)CC1CN(C)CCO1. The Bertz CT molecular complexity index is 490. The van der Waals surface area contributed by atoms with Crippen LogP contribution in [0.4, 0.5) is 0 Å². The molecule has 3 rings (SSSR count). The summed E-state index contributed by atoms with van der Waals surface area (Å²) in [4.78, 5) is 2.14. The molecule has 3 heterocycles. The molecule has 3 fully saturated rings. The lowest BCUT2D eigenvalue weighted by Crippen LogP contribution is -2.47. The van der Waals surface area contributed by atoms with Gasteiger partial charge in [-0.05, 0) is 38.6 Å². The predicted octanol–water partition coefficient (Wildman–Crippen LogP) is 0.538. The van der Waals surface area contributed by atoms with Gasteiger partial charge in [-0.15, -0.1) is 0 Å². The first-order valence-electron chi connectivity index (χ1n) is 8.28. The number of sulfonamides is 1. The molecule has 3 aliphatic rings. The van der Waals surface area contributed by atoms with Crippen molar-refractivity contribution < 1.29 is 17.9 Å². The van der Waals surface area contributed by atoms with Crippen LogP contribution >= 0.6 is 0 Å². The summed E-state index contributed by atoms with van der Waals surface area (Å²) in [5.74, 6) is 0.105. The molecule has 2 unspecified atom stereocenters. The number of hydrogen-bond donors (Lipinski definition) is 0. The van der Waals surface area contributed by atoms with Crippen LogP contribution in [-0.2, 0) is 19.5 Å². The van der Waals surface area contributed by atoms with Gasteiger partial charge in [0.25, 0.3) is 0 Å². The first-order chi connectivity index (χ1) is 10.4. The summed E-state index contributed by atoms with van der Waals surface area (Å²) in [6.45, 7) is 6.40. The molecule has 3 saturated heterocycles. The predicted molar refractivity (Wildman–Crippen MR) is 84.3 cm³/mol. The van der Waals surface area contributed by atoms with Crippen LogP contribution in [0.25, 0.3) is 0 Å². The highest BCUT2D eigenvalue weighted by Crippen LogP contribution is 2.43. The summed E-state index contributed by atoms with van der Waals surface area (Å²) in [5.41, 5.74) is 0.134. The average Bonchev–Trinajstić information content (AvgIpc) is 2.76. The molecule has 0 aromatic heterocycles. The van der Waals surface area contributed by atoms with Gasteiger partial charge >= 0.3 is 0 Å². The first-order valence-corrected chi connectivity index (χ1v) is 9.89. The molecule has 0 N–H and O–H groups in total. The molecule has 0 radical (unpaired) electrons. The molecule has 128 valence electrons. The topological polar surface area (TPSA) is 59.1 Å². The van der Waals surface area contributed by atoms with Crippen molar-refractivity contribution in [3.8, 4) is 0 Å². The third-order valence-electron chi connectivity index (χ3n) is 5.36. The van der Waals surface area contributed by atoms with Crippen molar-refractivity contribution in [3.05, 3.63) is 0 Å². The van der Waals surface area contributed by atoms with E-state index in [1.165, 1.54) is 0 Å². The molecule has 6 nitrogen and oxygen atoms in total. The molecule has 0 aromatic rings. The van der Waals surface area contributed by atoms with Gasteiger partial charge in [0.05, 0.1) is 18.5 Å². The lowest BCUT2D eigenvalue weighted by Gasteiger charge is -2.34. The van der Waals surface area contributed by atoms with Gasteiger partial charge in [0, 0.05) is 38.9 Å². The van der Waals surface area contributed by atoms with Crippen molar-refractivity contribution in [1.82, 2.24) is 9.21 Å². The van der Waals surface area contributed by atoms with Crippen molar-refractivity contribution >= 4 is 10.0 Å². The summed E-state index contributed by atoms with van der Waals surface area (Å²) < 4.78 is 38.5. The molecular weight excluding hydrogens is 304 g/mol. The van der Waals surface area contributed by atoms with Gasteiger partial charge in [0.1, 0.15) is 0 Å². The Hall–Kier alpha value is -0.210. The lowest BCUT2D eigenvalue weighted by atomic mass is 9.78. The van der Waals surface area contributed by atoms with Crippen LogP contribution in [0.2, 0.25) is 0 Å². The Kier molecular flexibility index (Phi) is 4.81. The van der Waals surface area contributed by atoms with Gasteiger partial charge in [-0.2, -0.15) is 4.31 Å². The van der Waals surface area contributed by atoms with E-state index in [0.717, 1.165) is 39.0 Å². The van der Waals surface area contributed by atoms with Gasteiger partial charge in [-0.1, -0.05) is 0 Å². The van der Waals surface area contributed by atoms with Crippen molar-refractivity contribution in [3.63, 3.8) is 0 Å². The largest absolute Gasteiger partial charge is 0.381 e. The number of likely N-dealkylation sites (N-methyl/N-ethyl adjacent to an activating group) is 1. The number of rotatable bonds is 3. The van der Waals surface area contributed by atoms with E-state index in [0.29, 0.717) is 19.7 Å². The Balaban J connectivity index is 1.66. The lowest BCUT2D eigenvalue weighted by molar-refractivity contribution is -0.00743. The Morgan fingerprint density at radius 3 is 2.64 bits per heavy atom. The van der Waals surface area contributed by atoms with Crippen LogP contribution in [0.15, 0.2) is 0 Å². The monoisotopic (exact) mass is 332 g/mol. The number of hydrogen-bond acceptors (Lipinski definition) is 5. The molecule has 22 heavy (non-hydrogen) atoms. The van der Waals surface area contributed by atoms with E-state index in [1.807, 2.05) is 14.0 Å². The van der Waals surface area contributed by atoms with E-state index in [4.69, 9.17) is 9.47 Å². The second-order valence-electron chi connectivity index (χ2n) is 7.24. The molecule has 2 atom stereocenters. The maximum absolute atomic E-state index is 12.8. The van der Waals surface area contributed by atoms with Crippen LogP contribution in [0.5, 0.6) is 0 Å². The fraction of sp³-hybridized carbons (Fsp3) is 1.00. The quantitative estimate of drug-likeness (QED) is 0.755. The van der Waals surface area contributed by atoms with Gasteiger partial charge in [-0.25, -0.2) is 8.42 Å². The maximum Gasteiger partial charge on any atom is 0.216 e. The average molecular weight is 332 g/mol. The summed E-state index contributed by atoms with van der Waals surface area (Å²) >= 11 is 0. The molecule has 0 aromatic carbocycles. The molecule has 3 aliphatic heterocycles. The van der Waals surface area contributed by atoms with Gasteiger partial charge in [-0.3, -0.25) is 0 Å². The van der Waals surface area contributed by atoms with E-state index in [2.05, 4.69) is 4.90 Å². The minimum Gasteiger partial charge on any atom is -0.381 e. The van der Waals surface area contributed by atoms with Gasteiger partial charge in [0.15, 0.2) is 0 Å². The van der Waals surface area contributed by atoms with Crippen molar-refractivity contribution in [1.29, 1.82) is 0 Å². The third-order valence-corrected chi connectivity index (χ3v) is 7.36. The minimum absolute atomic E-state index is 0.0874. The fourth-order valence-corrected chi connectivity index (χ4v) is 6.07. The van der Waals surface area contributed by atoms with Crippen molar-refractivity contribution in [2.45, 2.75) is 38.3 Å². The Morgan fingerprint density at radius 1 is 1.23 bits per heavy atom. The van der Waals surface area contributed by atoms with Crippen LogP contribution < -0.4 is 0 Å². The van der Waals surface area contributed by atoms with E-state index < -0.39 is 10.0 Å². The standard InChI is InChI=1S/C15H28N2O4S/c1-13-9-15(3-6-20-7-4-15)12-17(13)22(18,19)11-14-10-16(2)5-8-21-14/h13-14H,3-12H2,1-2H3. The van der Waals surface area contributed by atoms with Crippen LogP contribution in [0.3, 0.4) is 0 Å². The summed E-state index contributed by atoms with van der Waals surface area (Å²) in [6, 6.07) is 0.0874. The molecule has 7 heteroatoms. The maximum atomic E-state index is 12.8. The minimum atomic E-state index is -3.27. The van der Waals surface area contributed by atoms with E-state index in [9.17, 15) is 8.42 Å². The third kappa shape index (κ3) is 3.48. The van der Waals surface area contributed by atoms with Crippen LogP contribution in [-0.4, -0.2) is 82.0 Å². The highest BCUT2D eigenvalue weighted by Gasteiger charge is 2.47. The molecule has 0 saturated carbocycles. The molecule has 0 aliphatic carbocycles. The summed E-state index contributed by atoms with van der Waals surface area (Å²) in [6.07, 6.45) is 2.71. The number of nitrogens with zero attached hydrogens (tertiary/aromatic N) is 2. The van der Waals surface area contributed by atoms with E-state index in [1.54, 1.807) is 4.31 Å². The molecule has 1 spiro atoms. The second-order valence-corrected chi connectivity index (χ2v) is 9.21. The second kappa shape index (κ2) is 6.36. The van der Waals surface area contributed by atoms with E-state index in [-0.39, 0.29) is 23.3 Å². The highest BCUT2D eigenvalue weighted by atomic mass is 32.2. The summed E-state index contributed by atoms with van der Waals surface area (Å²) in [5, 5.41) is 0. The Morgan fingerprint density at radius 2 is 1.95 bits per heavy atom. The normalized spacial score (nSPS) is 34.3. The highest BCUT2D eigenvalue weighted by molar-refractivity contribution is 7.89. The van der Waals surface area contributed by atoms with Crippen molar-refractivity contribution in [2.75, 3.05) is 52.3 Å². The zero-order chi connectivity index (χ0) is 15.8. The number of morpholine rings is 1. The van der Waals surface area contributed by atoms with Gasteiger partial charge in [0.2, 0.25) is 10.0 Å². The zero-order valence-corrected chi connectivity index (χ0v) is 14.5. The van der Waals surface area contributed by atoms with Crippen LogP contribution in [0.1, 0.15) is 26.2 Å². The fourth-order valence-electron chi connectivity index (χ4n) is 4.12. The first kappa shape index (κ1) is 16.6. The summed E-state index contributed by atoms with van der Waals surface area (Å²) in [7, 11) is -1.26. The van der Waals surface area contributed by atoms with Gasteiger partial charge < -0.3 is 14.4 Å². The van der Waals surface area contributed by atoms with E-state index >= 15 is 0 Å². The van der Waals surface area contributed by atoms with Crippen LogP contribution in [0, 0.1) is 5.41 Å². The number of ether oxygens (including phenoxy) is 2. The Labute approximate surface area is 133 Å².